The quantitative estimate of drug-likeness (QED) is 0.156. The Morgan fingerprint density at radius 1 is 0.463 bits per heavy atom. The van der Waals surface area contributed by atoms with Crippen LogP contribution in [0.4, 0.5) is 0 Å². The van der Waals surface area contributed by atoms with Crippen LogP contribution < -0.4 is 24.8 Å². The summed E-state index contributed by atoms with van der Waals surface area (Å²) in [5, 5.41) is 0. The van der Waals surface area contributed by atoms with Gasteiger partial charge in [-0.25, -0.2) is 0 Å². The van der Waals surface area contributed by atoms with Crippen molar-refractivity contribution in [2.24, 2.45) is 11.8 Å². The normalized spacial score (nSPS) is 21.5. The SMILES string of the molecule is CC(C)c1ccc(-c2cccc3c2C=C(C2CCCCC2)[CH]3[Ti+2]2([CH]3C(C4CCCCC4)=Cc4c(-c5ccc(C(C)C)cc5)cccc43)[CH2]C[CH2]2)cc1.[Cl-].[Cl-]. The van der Waals surface area contributed by atoms with Crippen LogP contribution in [0.15, 0.2) is 96.1 Å². The maximum Gasteiger partial charge on any atom is -1.00 e. The van der Waals surface area contributed by atoms with Gasteiger partial charge in [0.2, 0.25) is 0 Å². The summed E-state index contributed by atoms with van der Waals surface area (Å²) >= 11 is -2.66. The number of hydrogen-bond acceptors (Lipinski definition) is 0. The first-order valence-electron chi connectivity index (χ1n) is 21.3. The Kier molecular flexibility index (Phi) is 12.3. The van der Waals surface area contributed by atoms with E-state index in [0.717, 1.165) is 11.8 Å². The Balaban J connectivity index is 0.00000225. The molecular formula is C51H60Cl2Ti. The Morgan fingerprint density at radius 2 is 0.852 bits per heavy atom. The van der Waals surface area contributed by atoms with E-state index < -0.39 is 16.6 Å². The molecule has 282 valence electrons. The molecule has 0 spiro atoms. The molecule has 2 atom stereocenters. The van der Waals surface area contributed by atoms with Crippen LogP contribution in [0.25, 0.3) is 34.4 Å². The van der Waals surface area contributed by atoms with E-state index in [1.165, 1.54) is 113 Å². The fourth-order valence-corrected chi connectivity index (χ4v) is 21.6. The Labute approximate surface area is 342 Å². The zero-order chi connectivity index (χ0) is 35.4. The molecule has 0 nitrogen and oxygen atoms in total. The van der Waals surface area contributed by atoms with E-state index in [1.807, 2.05) is 11.1 Å². The van der Waals surface area contributed by atoms with E-state index in [9.17, 15) is 0 Å². The first-order chi connectivity index (χ1) is 25.4. The molecule has 4 aromatic rings. The molecular weight excluding hydrogens is 731 g/mol. The van der Waals surface area contributed by atoms with Crippen LogP contribution in [0.3, 0.4) is 0 Å². The largest absolute Gasteiger partial charge is 1.00 e. The van der Waals surface area contributed by atoms with Crippen LogP contribution in [-0.2, 0) is 16.6 Å². The number of allylic oxidation sites excluding steroid dienone is 2. The molecule has 0 N–H and O–H groups in total. The molecule has 5 aliphatic rings. The van der Waals surface area contributed by atoms with E-state index in [0.29, 0.717) is 20.3 Å². The van der Waals surface area contributed by atoms with Crippen LogP contribution in [0.5, 0.6) is 0 Å². The third-order valence-corrected chi connectivity index (χ3v) is 24.2. The number of fused-ring (bicyclic) bond motifs is 2. The van der Waals surface area contributed by atoms with Crippen molar-refractivity contribution in [3.05, 3.63) is 129 Å². The molecule has 1 heterocycles. The molecule has 9 rings (SSSR count). The fourth-order valence-electron chi connectivity index (χ4n) is 11.6. The molecule has 0 amide bonds. The van der Waals surface area contributed by atoms with E-state index in [-0.39, 0.29) is 24.8 Å². The number of rotatable bonds is 8. The topological polar surface area (TPSA) is 0 Å². The second-order valence-electron chi connectivity index (χ2n) is 18.1. The maximum atomic E-state index is 2.81. The van der Waals surface area contributed by atoms with Crippen LogP contribution in [-0.4, -0.2) is 0 Å². The van der Waals surface area contributed by atoms with Crippen molar-refractivity contribution < 1.29 is 41.4 Å². The summed E-state index contributed by atoms with van der Waals surface area (Å²) in [7, 11) is 0. The molecule has 2 unspecified atom stereocenters. The molecule has 4 aliphatic carbocycles. The third-order valence-electron chi connectivity index (χ3n) is 14.6. The van der Waals surface area contributed by atoms with E-state index >= 15 is 0 Å². The van der Waals surface area contributed by atoms with E-state index in [2.05, 4.69) is 125 Å². The minimum Gasteiger partial charge on any atom is -1.00 e. The predicted molar refractivity (Wildman–Crippen MR) is 221 cm³/mol. The van der Waals surface area contributed by atoms with Gasteiger partial charge in [0.1, 0.15) is 0 Å². The van der Waals surface area contributed by atoms with Gasteiger partial charge in [-0.2, -0.15) is 0 Å². The van der Waals surface area contributed by atoms with Crippen molar-refractivity contribution in [2.45, 2.75) is 128 Å². The van der Waals surface area contributed by atoms with Crippen LogP contribution in [0, 0.1) is 11.8 Å². The van der Waals surface area contributed by atoms with Gasteiger partial charge >= 0.3 is 320 Å². The number of benzene rings is 4. The Hall–Kier alpha value is -2.35. The van der Waals surface area contributed by atoms with Gasteiger partial charge in [-0.3, -0.25) is 0 Å². The summed E-state index contributed by atoms with van der Waals surface area (Å²) in [6.45, 7) is 9.25. The average Bonchev–Trinajstić information content (AvgIpc) is 3.76. The molecule has 54 heavy (non-hydrogen) atoms. The molecule has 0 aromatic heterocycles. The van der Waals surface area contributed by atoms with Crippen molar-refractivity contribution in [2.75, 3.05) is 0 Å². The Bertz CT molecular complexity index is 1840. The predicted octanol–water partition coefficient (Wildman–Crippen LogP) is 9.41. The summed E-state index contributed by atoms with van der Waals surface area (Å²) < 4.78 is 4.45. The molecule has 3 heteroatoms. The van der Waals surface area contributed by atoms with Crippen molar-refractivity contribution >= 4 is 12.2 Å². The second-order valence-corrected chi connectivity index (χ2v) is 25.3. The summed E-state index contributed by atoms with van der Waals surface area (Å²) in [6.07, 6.45) is 21.1. The minimum atomic E-state index is -2.66. The van der Waals surface area contributed by atoms with Crippen LogP contribution >= 0.6 is 0 Å². The fraction of sp³-hybridized carbons (Fsp3) is 0.451. The van der Waals surface area contributed by atoms with Crippen molar-refractivity contribution in [1.29, 1.82) is 0 Å². The maximum absolute atomic E-state index is 2.81. The zero-order valence-electron chi connectivity index (χ0n) is 33.2. The van der Waals surface area contributed by atoms with Gasteiger partial charge in [0, 0.05) is 0 Å². The first-order valence-corrected chi connectivity index (χ1v) is 25.3. The third kappa shape index (κ3) is 6.99. The smallest absolute Gasteiger partial charge is 1.00 e. The second kappa shape index (κ2) is 16.6. The molecule has 2 saturated carbocycles. The Morgan fingerprint density at radius 3 is 1.19 bits per heavy atom. The standard InChI is InChI=1S/2C24H27.C3H6.2ClH.Ti/c2*1-17(2)18-11-13-20(14-12-18)23-10-6-9-21-15-22(16-24(21)23)19-7-4-3-5-8-19;1-3-2;;;/h2*6,9-17,19H,3-5,7-8H2,1-2H3;1-3H2;2*1H;/q;;;;;+2/p-2. The number of halogens is 2. The minimum absolute atomic E-state index is 0. The molecule has 0 radical (unpaired) electrons. The van der Waals surface area contributed by atoms with Gasteiger partial charge < -0.3 is 24.8 Å². The molecule has 3 fully saturated rings. The monoisotopic (exact) mass is 790 g/mol. The van der Waals surface area contributed by atoms with Gasteiger partial charge in [0.15, 0.2) is 0 Å². The van der Waals surface area contributed by atoms with E-state index in [1.54, 1.807) is 22.3 Å². The van der Waals surface area contributed by atoms with E-state index in [4.69, 9.17) is 0 Å². The number of hydrogen-bond donors (Lipinski definition) is 0. The summed E-state index contributed by atoms with van der Waals surface area (Å²) in [6, 6.07) is 34.2. The molecule has 4 aromatic carbocycles. The van der Waals surface area contributed by atoms with Gasteiger partial charge in [-0.05, 0) is 0 Å². The average molecular weight is 792 g/mol. The van der Waals surface area contributed by atoms with Gasteiger partial charge in [0.05, 0.1) is 0 Å². The summed E-state index contributed by atoms with van der Waals surface area (Å²) in [5.74, 6) is 2.65. The van der Waals surface area contributed by atoms with Crippen LogP contribution in [0.1, 0.15) is 152 Å². The van der Waals surface area contributed by atoms with Gasteiger partial charge in [-0.15, -0.1) is 0 Å². The van der Waals surface area contributed by atoms with Gasteiger partial charge in [-0.1, -0.05) is 0 Å². The van der Waals surface area contributed by atoms with Gasteiger partial charge in [0.25, 0.3) is 0 Å². The van der Waals surface area contributed by atoms with Crippen LogP contribution in [0.2, 0.25) is 9.45 Å². The first kappa shape index (κ1) is 39.9. The summed E-state index contributed by atoms with van der Waals surface area (Å²) in [4.78, 5) is 0. The molecule has 1 aliphatic heterocycles. The van der Waals surface area contributed by atoms with Crippen molar-refractivity contribution in [3.8, 4) is 22.3 Å². The van der Waals surface area contributed by atoms with Crippen molar-refractivity contribution in [1.82, 2.24) is 0 Å². The summed E-state index contributed by atoms with van der Waals surface area (Å²) in [5.41, 5.74) is 19.0. The zero-order valence-corrected chi connectivity index (χ0v) is 36.2. The molecule has 0 bridgehead atoms. The van der Waals surface area contributed by atoms with Crippen molar-refractivity contribution in [3.63, 3.8) is 0 Å². The molecule has 1 saturated heterocycles.